The van der Waals surface area contributed by atoms with Gasteiger partial charge in [0.05, 0.1) is 13.7 Å². The van der Waals surface area contributed by atoms with Crippen LogP contribution in [0.3, 0.4) is 0 Å². The lowest BCUT2D eigenvalue weighted by Crippen LogP contribution is -2.42. The number of H-pyrrole nitrogens is 1. The number of fused-ring (bicyclic) bond motifs is 4. The van der Waals surface area contributed by atoms with Gasteiger partial charge in [-0.1, -0.05) is 24.3 Å². The molecule has 0 fully saturated rings. The fourth-order valence-corrected chi connectivity index (χ4v) is 4.63. The number of aromatic amines is 1. The Bertz CT molecular complexity index is 1050. The van der Waals surface area contributed by atoms with Crippen LogP contribution in [0.4, 0.5) is 4.79 Å². The number of hydrogen-bond acceptors (Lipinski definition) is 2. The molecule has 1 aliphatic carbocycles. The molecule has 3 aromatic rings. The summed E-state index contributed by atoms with van der Waals surface area (Å²) in [5.41, 5.74) is 7.48. The summed E-state index contributed by atoms with van der Waals surface area (Å²) in [5, 5.41) is 4.37. The molecule has 0 unspecified atom stereocenters. The molecule has 1 aliphatic heterocycles. The number of ether oxygens (including phenoxy) is 1. The Morgan fingerprint density at radius 3 is 2.86 bits per heavy atom. The second kappa shape index (κ2) is 6.89. The minimum Gasteiger partial charge on any atom is -0.496 e. The number of aromatic nitrogens is 1. The van der Waals surface area contributed by atoms with Gasteiger partial charge >= 0.3 is 6.03 Å². The summed E-state index contributed by atoms with van der Waals surface area (Å²) in [4.78, 5) is 18.2. The van der Waals surface area contributed by atoms with E-state index in [0.717, 1.165) is 48.3 Å². The van der Waals surface area contributed by atoms with Gasteiger partial charge in [0.1, 0.15) is 5.75 Å². The lowest BCUT2D eigenvalue weighted by atomic mass is 10.0. The van der Waals surface area contributed by atoms with Crippen molar-refractivity contribution in [2.75, 3.05) is 13.7 Å². The maximum Gasteiger partial charge on any atom is 0.318 e. The van der Waals surface area contributed by atoms with Crippen molar-refractivity contribution in [2.45, 2.75) is 38.8 Å². The Morgan fingerprint density at radius 1 is 1.18 bits per heavy atom. The molecule has 1 aromatic heterocycles. The van der Waals surface area contributed by atoms with Gasteiger partial charge in [0.2, 0.25) is 0 Å². The highest BCUT2D eigenvalue weighted by molar-refractivity contribution is 5.85. The van der Waals surface area contributed by atoms with E-state index in [1.165, 1.54) is 28.5 Å². The minimum atomic E-state index is -0.0214. The van der Waals surface area contributed by atoms with Gasteiger partial charge in [-0.05, 0) is 54.5 Å². The monoisotopic (exact) mass is 375 g/mol. The van der Waals surface area contributed by atoms with Crippen LogP contribution in [0, 0.1) is 0 Å². The van der Waals surface area contributed by atoms with Gasteiger partial charge in [0.25, 0.3) is 0 Å². The first-order valence-corrected chi connectivity index (χ1v) is 10.0. The quantitative estimate of drug-likeness (QED) is 0.729. The molecule has 0 saturated heterocycles. The number of benzene rings is 2. The molecule has 2 amide bonds. The highest BCUT2D eigenvalue weighted by Gasteiger charge is 2.24. The standard InChI is InChI=1S/C23H25N3O2/c1-28-22-12-16-6-4-5-15(16)11-17(22)13-24-23(27)26-10-9-19-18-7-2-3-8-20(18)25-21(19)14-26/h2-3,7-8,11-12,25H,4-6,9-10,13-14H2,1H3,(H,24,27). The molecule has 2 aromatic carbocycles. The Morgan fingerprint density at radius 2 is 2.00 bits per heavy atom. The Hall–Kier alpha value is -2.95. The van der Waals surface area contributed by atoms with Gasteiger partial charge < -0.3 is 19.9 Å². The minimum absolute atomic E-state index is 0.0214. The number of nitrogens with zero attached hydrogens (tertiary/aromatic N) is 1. The molecule has 0 atom stereocenters. The van der Waals surface area contributed by atoms with Crippen molar-refractivity contribution in [3.05, 3.63) is 64.3 Å². The number of hydrogen-bond donors (Lipinski definition) is 2. The van der Waals surface area contributed by atoms with Crippen molar-refractivity contribution in [3.63, 3.8) is 0 Å². The molecule has 5 nitrogen and oxygen atoms in total. The molecule has 2 aliphatic rings. The Labute approximate surface area is 164 Å². The molecular formula is C23H25N3O2. The number of aryl methyl sites for hydroxylation is 2. The van der Waals surface area contributed by atoms with Crippen LogP contribution in [0.5, 0.6) is 5.75 Å². The molecular weight excluding hydrogens is 350 g/mol. The van der Waals surface area contributed by atoms with Crippen molar-refractivity contribution in [1.29, 1.82) is 0 Å². The number of rotatable bonds is 3. The third-order valence-corrected chi connectivity index (χ3v) is 6.09. The zero-order valence-electron chi connectivity index (χ0n) is 16.2. The number of urea groups is 1. The first kappa shape index (κ1) is 17.2. The Kier molecular flexibility index (Phi) is 4.23. The predicted octanol–water partition coefficient (Wildman–Crippen LogP) is 3.93. The van der Waals surface area contributed by atoms with Crippen molar-refractivity contribution in [3.8, 4) is 5.75 Å². The third kappa shape index (κ3) is 2.91. The van der Waals surface area contributed by atoms with Crippen molar-refractivity contribution in [2.24, 2.45) is 0 Å². The maximum atomic E-state index is 12.8. The summed E-state index contributed by atoms with van der Waals surface area (Å²) < 4.78 is 5.56. The highest BCUT2D eigenvalue weighted by atomic mass is 16.5. The first-order chi connectivity index (χ1) is 13.7. The fraction of sp³-hybridized carbons (Fsp3) is 0.348. The number of amides is 2. The van der Waals surface area contributed by atoms with E-state index in [4.69, 9.17) is 4.74 Å². The van der Waals surface area contributed by atoms with E-state index < -0.39 is 0 Å². The van der Waals surface area contributed by atoms with Crippen LogP contribution in [-0.2, 0) is 32.4 Å². The van der Waals surface area contributed by atoms with Gasteiger partial charge in [0.15, 0.2) is 0 Å². The number of carbonyl (C=O) groups is 1. The molecule has 5 heteroatoms. The van der Waals surface area contributed by atoms with Crippen LogP contribution >= 0.6 is 0 Å². The van der Waals surface area contributed by atoms with E-state index in [-0.39, 0.29) is 6.03 Å². The number of nitrogens with one attached hydrogen (secondary N) is 2. The summed E-state index contributed by atoms with van der Waals surface area (Å²) in [6.07, 6.45) is 4.33. The summed E-state index contributed by atoms with van der Waals surface area (Å²) in [7, 11) is 1.70. The molecule has 0 saturated carbocycles. The molecule has 0 bridgehead atoms. The van der Waals surface area contributed by atoms with E-state index in [1.54, 1.807) is 7.11 Å². The van der Waals surface area contributed by atoms with Crippen LogP contribution in [0.25, 0.3) is 10.9 Å². The third-order valence-electron chi connectivity index (χ3n) is 6.09. The van der Waals surface area contributed by atoms with Gasteiger partial charge in [-0.2, -0.15) is 0 Å². The maximum absolute atomic E-state index is 12.8. The lowest BCUT2D eigenvalue weighted by Gasteiger charge is -2.27. The first-order valence-electron chi connectivity index (χ1n) is 10.0. The van der Waals surface area contributed by atoms with Gasteiger partial charge in [0, 0.05) is 35.2 Å². The number of para-hydroxylation sites is 1. The highest BCUT2D eigenvalue weighted by Crippen LogP contribution is 2.30. The van der Waals surface area contributed by atoms with E-state index in [9.17, 15) is 4.79 Å². The van der Waals surface area contributed by atoms with Crippen molar-refractivity contribution >= 4 is 16.9 Å². The van der Waals surface area contributed by atoms with Crippen molar-refractivity contribution in [1.82, 2.24) is 15.2 Å². The zero-order chi connectivity index (χ0) is 19.1. The molecule has 0 spiro atoms. The topological polar surface area (TPSA) is 57.4 Å². The van der Waals surface area contributed by atoms with Crippen LogP contribution in [0.1, 0.15) is 34.4 Å². The zero-order valence-corrected chi connectivity index (χ0v) is 16.2. The lowest BCUT2D eigenvalue weighted by molar-refractivity contribution is 0.191. The number of carbonyl (C=O) groups excluding carboxylic acids is 1. The SMILES string of the molecule is COc1cc2c(cc1CNC(=O)N1CCc3c([nH]c4ccccc34)C1)CCC2. The van der Waals surface area contributed by atoms with Crippen LogP contribution in [0.15, 0.2) is 36.4 Å². The van der Waals surface area contributed by atoms with E-state index in [1.807, 2.05) is 11.0 Å². The normalized spacial score (nSPS) is 15.4. The molecule has 2 heterocycles. The van der Waals surface area contributed by atoms with Gasteiger partial charge in [-0.3, -0.25) is 0 Å². The number of methoxy groups -OCH3 is 1. The summed E-state index contributed by atoms with van der Waals surface area (Å²) in [6, 6.07) is 12.7. The fourth-order valence-electron chi connectivity index (χ4n) is 4.63. The van der Waals surface area contributed by atoms with Crippen LogP contribution in [-0.4, -0.2) is 29.6 Å². The smallest absolute Gasteiger partial charge is 0.318 e. The van der Waals surface area contributed by atoms with Crippen LogP contribution < -0.4 is 10.1 Å². The Balaban J connectivity index is 1.29. The summed E-state index contributed by atoms with van der Waals surface area (Å²) in [5.74, 6) is 0.873. The molecule has 28 heavy (non-hydrogen) atoms. The molecule has 5 rings (SSSR count). The largest absolute Gasteiger partial charge is 0.496 e. The van der Waals surface area contributed by atoms with Gasteiger partial charge in [-0.15, -0.1) is 0 Å². The van der Waals surface area contributed by atoms with E-state index in [2.05, 4.69) is 40.6 Å². The second-order valence-corrected chi connectivity index (χ2v) is 7.74. The van der Waals surface area contributed by atoms with Crippen molar-refractivity contribution < 1.29 is 9.53 Å². The van der Waals surface area contributed by atoms with E-state index in [0.29, 0.717) is 13.1 Å². The van der Waals surface area contributed by atoms with E-state index >= 15 is 0 Å². The summed E-state index contributed by atoms with van der Waals surface area (Å²) >= 11 is 0. The van der Waals surface area contributed by atoms with Crippen LogP contribution in [0.2, 0.25) is 0 Å². The predicted molar refractivity (Wildman–Crippen MR) is 110 cm³/mol. The second-order valence-electron chi connectivity index (χ2n) is 7.74. The average Bonchev–Trinajstić information content (AvgIpc) is 3.34. The summed E-state index contributed by atoms with van der Waals surface area (Å²) in [6.45, 7) is 1.85. The molecule has 144 valence electrons. The average molecular weight is 375 g/mol. The molecule has 0 radical (unpaired) electrons. The molecule has 2 N–H and O–H groups in total. The van der Waals surface area contributed by atoms with Gasteiger partial charge in [-0.25, -0.2) is 4.79 Å².